The van der Waals surface area contributed by atoms with Gasteiger partial charge in [0.05, 0.1) is 17.8 Å². The van der Waals surface area contributed by atoms with Crippen LogP contribution in [0.5, 0.6) is 0 Å². The van der Waals surface area contributed by atoms with E-state index >= 15 is 0 Å². The highest BCUT2D eigenvalue weighted by Gasteiger charge is 2.25. The third-order valence-corrected chi connectivity index (χ3v) is 3.36. The number of nitrogens with one attached hydrogen (secondary N) is 1. The number of hydrogen-bond acceptors (Lipinski definition) is 5. The van der Waals surface area contributed by atoms with Crippen molar-refractivity contribution in [3.05, 3.63) is 36.0 Å². The summed E-state index contributed by atoms with van der Waals surface area (Å²) in [6.45, 7) is 2.45. The normalized spacial score (nSPS) is 14.0. The van der Waals surface area contributed by atoms with Gasteiger partial charge in [0.1, 0.15) is 13.2 Å². The first-order chi connectivity index (χ1) is 10.6. The largest absolute Gasteiger partial charge is 0.448 e. The van der Waals surface area contributed by atoms with E-state index in [1.807, 2.05) is 30.3 Å². The lowest BCUT2D eigenvalue weighted by molar-refractivity contribution is -0.116. The molecule has 22 heavy (non-hydrogen) atoms. The topological polar surface area (TPSA) is 84.7 Å². The van der Waals surface area contributed by atoms with Gasteiger partial charge in [0.15, 0.2) is 0 Å². The Balaban J connectivity index is 1.76. The van der Waals surface area contributed by atoms with Gasteiger partial charge in [-0.05, 0) is 12.5 Å². The molecule has 1 saturated heterocycles. The van der Waals surface area contributed by atoms with Crippen LogP contribution in [-0.2, 0) is 9.53 Å². The predicted molar refractivity (Wildman–Crippen MR) is 78.2 cm³/mol. The second-order valence-electron chi connectivity index (χ2n) is 4.92. The zero-order valence-corrected chi connectivity index (χ0v) is 12.0. The molecule has 0 unspecified atom stereocenters. The molecule has 1 aliphatic heterocycles. The average molecular weight is 301 g/mol. The molecule has 0 atom stereocenters. The van der Waals surface area contributed by atoms with Gasteiger partial charge in [-0.15, -0.1) is 0 Å². The molecule has 0 radical (unpaired) electrons. The molecular formula is C15H15N3O4. The number of cyclic esters (lactones) is 1. The summed E-state index contributed by atoms with van der Waals surface area (Å²) in [5.41, 5.74) is 2.32. The van der Waals surface area contributed by atoms with Crippen LogP contribution < -0.4 is 5.32 Å². The molecular weight excluding hydrogens is 286 g/mol. The maximum atomic E-state index is 12.1. The molecule has 1 aromatic heterocycles. The summed E-state index contributed by atoms with van der Waals surface area (Å²) < 4.78 is 9.98. The lowest BCUT2D eigenvalue weighted by Gasteiger charge is -2.11. The van der Waals surface area contributed by atoms with E-state index in [2.05, 4.69) is 10.5 Å². The molecule has 1 aromatic carbocycles. The minimum absolute atomic E-state index is 0.0766. The lowest BCUT2D eigenvalue weighted by atomic mass is 10.1. The first-order valence-corrected chi connectivity index (χ1v) is 6.88. The zero-order chi connectivity index (χ0) is 15.5. The molecule has 3 rings (SSSR count). The Kier molecular flexibility index (Phi) is 3.78. The maximum Gasteiger partial charge on any atom is 0.410 e. The number of carbonyl (C=O) groups excluding carboxylic acids is 2. The van der Waals surface area contributed by atoms with Crippen LogP contribution in [0, 0.1) is 6.92 Å². The summed E-state index contributed by atoms with van der Waals surface area (Å²) in [5, 5.41) is 6.56. The Hall–Kier alpha value is -2.83. The number of ether oxygens (including phenoxy) is 1. The molecule has 2 heterocycles. The number of aromatic nitrogens is 1. The number of amides is 2. The van der Waals surface area contributed by atoms with E-state index in [4.69, 9.17) is 9.26 Å². The number of aryl methyl sites for hydroxylation is 1. The molecule has 7 nitrogen and oxygen atoms in total. The number of anilines is 1. The molecule has 7 heteroatoms. The number of carbonyl (C=O) groups is 2. The number of hydrogen-bond donors (Lipinski definition) is 1. The highest BCUT2D eigenvalue weighted by Crippen LogP contribution is 2.31. The van der Waals surface area contributed by atoms with Gasteiger partial charge in [-0.1, -0.05) is 35.5 Å². The van der Waals surface area contributed by atoms with Gasteiger partial charge < -0.3 is 9.26 Å². The van der Waals surface area contributed by atoms with Crippen molar-refractivity contribution < 1.29 is 18.8 Å². The van der Waals surface area contributed by atoms with Gasteiger partial charge >= 0.3 is 6.09 Å². The molecule has 2 amide bonds. The smallest absolute Gasteiger partial charge is 0.410 e. The van der Waals surface area contributed by atoms with Crippen LogP contribution in [0.25, 0.3) is 11.1 Å². The van der Waals surface area contributed by atoms with Crippen LogP contribution in [0.3, 0.4) is 0 Å². The highest BCUT2D eigenvalue weighted by atomic mass is 16.6. The Bertz CT molecular complexity index is 696. The Morgan fingerprint density at radius 2 is 2.14 bits per heavy atom. The monoisotopic (exact) mass is 301 g/mol. The fourth-order valence-electron chi connectivity index (χ4n) is 2.31. The van der Waals surface area contributed by atoms with Gasteiger partial charge in [0, 0.05) is 0 Å². The molecule has 1 N–H and O–H groups in total. The summed E-state index contributed by atoms with van der Waals surface area (Å²) in [6, 6.07) is 9.52. The van der Waals surface area contributed by atoms with Crippen LogP contribution in [0.4, 0.5) is 10.7 Å². The number of rotatable bonds is 4. The summed E-state index contributed by atoms with van der Waals surface area (Å²) in [7, 11) is 0. The Labute approximate surface area is 126 Å². The number of nitrogens with zero attached hydrogens (tertiary/aromatic N) is 2. The third-order valence-electron chi connectivity index (χ3n) is 3.36. The van der Waals surface area contributed by atoms with E-state index in [0.29, 0.717) is 18.8 Å². The average Bonchev–Trinajstić information content (AvgIpc) is 3.07. The van der Waals surface area contributed by atoms with E-state index in [1.165, 1.54) is 4.90 Å². The van der Waals surface area contributed by atoms with E-state index in [0.717, 1.165) is 11.1 Å². The highest BCUT2D eigenvalue weighted by molar-refractivity contribution is 5.96. The van der Waals surface area contributed by atoms with E-state index in [-0.39, 0.29) is 18.3 Å². The second-order valence-corrected chi connectivity index (χ2v) is 4.92. The summed E-state index contributed by atoms with van der Waals surface area (Å²) >= 11 is 0. The van der Waals surface area contributed by atoms with Crippen molar-refractivity contribution in [2.45, 2.75) is 6.92 Å². The van der Waals surface area contributed by atoms with Crippen molar-refractivity contribution in [3.63, 3.8) is 0 Å². The summed E-state index contributed by atoms with van der Waals surface area (Å²) in [6.07, 6.45) is -0.479. The first kappa shape index (κ1) is 14.1. The summed E-state index contributed by atoms with van der Waals surface area (Å²) in [4.78, 5) is 24.7. The molecule has 0 spiro atoms. The molecule has 0 aliphatic carbocycles. The lowest BCUT2D eigenvalue weighted by Crippen LogP contribution is -2.33. The number of benzene rings is 1. The summed E-state index contributed by atoms with van der Waals surface area (Å²) in [5.74, 6) is -0.0755. The van der Waals surface area contributed by atoms with Crippen molar-refractivity contribution in [2.75, 3.05) is 25.0 Å². The molecule has 0 saturated carbocycles. The second kappa shape index (κ2) is 5.88. The standard InChI is InChI=1S/C15H15N3O4/c1-10-13(11-5-3-2-4-6-11)14(22-17-10)16-12(19)9-18-7-8-21-15(18)20/h2-6H,7-9H2,1H3,(H,16,19). The molecule has 0 bridgehead atoms. The minimum atomic E-state index is -0.479. The van der Waals surface area contributed by atoms with Crippen LogP contribution in [0.1, 0.15) is 5.69 Å². The molecule has 1 aliphatic rings. The minimum Gasteiger partial charge on any atom is -0.448 e. The van der Waals surface area contributed by atoms with E-state index < -0.39 is 6.09 Å². The van der Waals surface area contributed by atoms with Gasteiger partial charge in [0.25, 0.3) is 0 Å². The first-order valence-electron chi connectivity index (χ1n) is 6.88. The predicted octanol–water partition coefficient (Wildman–Crippen LogP) is 2.04. The van der Waals surface area contributed by atoms with Crippen LogP contribution >= 0.6 is 0 Å². The van der Waals surface area contributed by atoms with Gasteiger partial charge in [-0.3, -0.25) is 15.0 Å². The fraction of sp³-hybridized carbons (Fsp3) is 0.267. The van der Waals surface area contributed by atoms with Crippen LogP contribution in [0.2, 0.25) is 0 Å². The van der Waals surface area contributed by atoms with E-state index in [1.54, 1.807) is 6.92 Å². The van der Waals surface area contributed by atoms with Crippen LogP contribution in [0.15, 0.2) is 34.9 Å². The zero-order valence-electron chi connectivity index (χ0n) is 12.0. The van der Waals surface area contributed by atoms with Crippen molar-refractivity contribution >= 4 is 17.9 Å². The van der Waals surface area contributed by atoms with Gasteiger partial charge in [-0.2, -0.15) is 0 Å². The van der Waals surface area contributed by atoms with Crippen molar-refractivity contribution in [3.8, 4) is 11.1 Å². The molecule has 2 aromatic rings. The quantitative estimate of drug-likeness (QED) is 0.934. The van der Waals surface area contributed by atoms with E-state index in [9.17, 15) is 9.59 Å². The molecule has 114 valence electrons. The SMILES string of the molecule is Cc1noc(NC(=O)CN2CCOC2=O)c1-c1ccccc1. The van der Waals surface area contributed by atoms with Crippen molar-refractivity contribution in [1.82, 2.24) is 10.1 Å². The Morgan fingerprint density at radius 1 is 1.36 bits per heavy atom. The van der Waals surface area contributed by atoms with Crippen molar-refractivity contribution in [1.29, 1.82) is 0 Å². The maximum absolute atomic E-state index is 12.1. The molecule has 1 fully saturated rings. The van der Waals surface area contributed by atoms with Crippen molar-refractivity contribution in [2.24, 2.45) is 0 Å². The van der Waals surface area contributed by atoms with Gasteiger partial charge in [0.2, 0.25) is 11.8 Å². The van der Waals surface area contributed by atoms with Crippen LogP contribution in [-0.4, -0.2) is 41.8 Å². The van der Waals surface area contributed by atoms with Gasteiger partial charge in [-0.25, -0.2) is 4.79 Å². The fourth-order valence-corrected chi connectivity index (χ4v) is 2.31. The third kappa shape index (κ3) is 2.78. The Morgan fingerprint density at radius 3 is 2.82 bits per heavy atom.